The van der Waals surface area contributed by atoms with E-state index in [9.17, 15) is 9.59 Å². The van der Waals surface area contributed by atoms with Crippen LogP contribution in [-0.2, 0) is 30.8 Å². The standard InChI is InChI=1S/C29H33NO5.C8H10/c1-22-9-11-24(12-10-22)21-35-27-7-3-2-6-25(27)17-19-30(18-5-4-8-28(31)32)20-23-13-15-26(16-14-23)29(33)34;1-2-8-6-4-3-5-7-8/h2-3,6-7,9-16H,4-5,8,17-21H2,1H3,(H,31,32)(H,33,34);3-7H,2H2,1H3. The van der Waals surface area contributed by atoms with Crippen LogP contribution in [-0.4, -0.2) is 40.1 Å². The fourth-order valence-corrected chi connectivity index (χ4v) is 4.58. The summed E-state index contributed by atoms with van der Waals surface area (Å²) in [5.74, 6) is -0.852. The Morgan fingerprint density at radius 3 is 2.00 bits per heavy atom. The summed E-state index contributed by atoms with van der Waals surface area (Å²) in [4.78, 5) is 24.3. The van der Waals surface area contributed by atoms with Crippen molar-refractivity contribution in [3.63, 3.8) is 0 Å². The van der Waals surface area contributed by atoms with Gasteiger partial charge in [-0.05, 0) is 79.6 Å². The van der Waals surface area contributed by atoms with Crippen LogP contribution in [0.5, 0.6) is 5.75 Å². The van der Waals surface area contributed by atoms with E-state index >= 15 is 0 Å². The summed E-state index contributed by atoms with van der Waals surface area (Å²) in [6.45, 7) is 6.94. The van der Waals surface area contributed by atoms with Crippen LogP contribution in [0.3, 0.4) is 0 Å². The first-order valence-corrected chi connectivity index (χ1v) is 14.9. The molecule has 43 heavy (non-hydrogen) atoms. The third-order valence-electron chi connectivity index (χ3n) is 7.16. The number of hydrogen-bond acceptors (Lipinski definition) is 4. The van der Waals surface area contributed by atoms with E-state index in [2.05, 4.69) is 73.3 Å². The van der Waals surface area contributed by atoms with Gasteiger partial charge in [0.25, 0.3) is 0 Å². The first kappa shape index (κ1) is 33.1. The van der Waals surface area contributed by atoms with Gasteiger partial charge in [-0.1, -0.05) is 97.4 Å². The lowest BCUT2D eigenvalue weighted by atomic mass is 10.1. The van der Waals surface area contributed by atoms with Crippen LogP contribution in [0.25, 0.3) is 0 Å². The molecule has 0 aliphatic heterocycles. The maximum atomic E-state index is 11.1. The Morgan fingerprint density at radius 1 is 0.721 bits per heavy atom. The van der Waals surface area contributed by atoms with Crippen LogP contribution in [0.15, 0.2) is 103 Å². The molecule has 0 aromatic heterocycles. The normalized spacial score (nSPS) is 10.6. The molecule has 0 saturated heterocycles. The van der Waals surface area contributed by atoms with E-state index in [4.69, 9.17) is 14.9 Å². The van der Waals surface area contributed by atoms with E-state index in [0.717, 1.165) is 54.8 Å². The number of nitrogens with zero attached hydrogens (tertiary/aromatic N) is 1. The third kappa shape index (κ3) is 12.5. The van der Waals surface area contributed by atoms with E-state index < -0.39 is 11.9 Å². The summed E-state index contributed by atoms with van der Waals surface area (Å²) in [6.07, 6.45) is 3.50. The van der Waals surface area contributed by atoms with Crippen LogP contribution in [0, 0.1) is 6.92 Å². The molecule has 226 valence electrons. The summed E-state index contributed by atoms with van der Waals surface area (Å²) in [7, 11) is 0. The summed E-state index contributed by atoms with van der Waals surface area (Å²) < 4.78 is 6.13. The number of benzene rings is 4. The molecule has 4 rings (SSSR count). The van der Waals surface area contributed by atoms with Crippen LogP contribution >= 0.6 is 0 Å². The predicted molar refractivity (Wildman–Crippen MR) is 172 cm³/mol. The Balaban J connectivity index is 0.000000546. The van der Waals surface area contributed by atoms with Gasteiger partial charge in [-0.25, -0.2) is 4.79 Å². The number of carboxylic acid groups (broad SMARTS) is 2. The minimum absolute atomic E-state index is 0.164. The zero-order valence-electron chi connectivity index (χ0n) is 25.2. The second-order valence-corrected chi connectivity index (χ2v) is 10.6. The maximum absolute atomic E-state index is 11.1. The van der Waals surface area contributed by atoms with Crippen molar-refractivity contribution in [2.24, 2.45) is 0 Å². The Hall–Kier alpha value is -4.42. The smallest absolute Gasteiger partial charge is 0.335 e. The number of unbranched alkanes of at least 4 members (excludes halogenated alkanes) is 1. The molecule has 4 aromatic rings. The van der Waals surface area contributed by atoms with E-state index in [1.54, 1.807) is 12.1 Å². The highest BCUT2D eigenvalue weighted by atomic mass is 16.5. The van der Waals surface area contributed by atoms with E-state index in [-0.39, 0.29) is 12.0 Å². The molecule has 0 aliphatic carbocycles. The monoisotopic (exact) mass is 581 g/mol. The molecule has 0 fully saturated rings. The summed E-state index contributed by atoms with van der Waals surface area (Å²) in [5.41, 5.74) is 6.16. The molecule has 4 aromatic carbocycles. The first-order valence-electron chi connectivity index (χ1n) is 14.9. The van der Waals surface area contributed by atoms with Gasteiger partial charge in [0.2, 0.25) is 0 Å². The molecule has 0 radical (unpaired) electrons. The minimum Gasteiger partial charge on any atom is -0.489 e. The zero-order valence-corrected chi connectivity index (χ0v) is 25.2. The molecule has 0 aliphatic rings. The van der Waals surface area contributed by atoms with Crippen molar-refractivity contribution in [2.75, 3.05) is 13.1 Å². The minimum atomic E-state index is -0.940. The van der Waals surface area contributed by atoms with Crippen molar-refractivity contribution in [1.82, 2.24) is 4.90 Å². The molecular formula is C37H43NO5. The van der Waals surface area contributed by atoms with E-state index in [1.165, 1.54) is 11.1 Å². The highest BCUT2D eigenvalue weighted by Gasteiger charge is 2.11. The molecular weight excluding hydrogens is 538 g/mol. The first-order chi connectivity index (χ1) is 20.8. The van der Waals surface area contributed by atoms with Gasteiger partial charge < -0.3 is 14.9 Å². The van der Waals surface area contributed by atoms with Crippen molar-refractivity contribution >= 4 is 11.9 Å². The number of aromatic carboxylic acids is 1. The fourth-order valence-electron chi connectivity index (χ4n) is 4.58. The molecule has 6 nitrogen and oxygen atoms in total. The molecule has 0 spiro atoms. The Labute approximate surface area is 255 Å². The van der Waals surface area contributed by atoms with Gasteiger partial charge in [0.1, 0.15) is 12.4 Å². The Morgan fingerprint density at radius 2 is 1.37 bits per heavy atom. The van der Waals surface area contributed by atoms with Gasteiger partial charge in [0, 0.05) is 19.5 Å². The number of ether oxygens (including phenoxy) is 1. The molecule has 6 heteroatoms. The third-order valence-corrected chi connectivity index (χ3v) is 7.16. The highest BCUT2D eigenvalue weighted by molar-refractivity contribution is 5.87. The summed E-state index contributed by atoms with van der Waals surface area (Å²) >= 11 is 0. The average Bonchev–Trinajstić information content (AvgIpc) is 3.02. The van der Waals surface area contributed by atoms with E-state index in [1.807, 2.05) is 36.4 Å². The van der Waals surface area contributed by atoms with Crippen LogP contribution in [0.2, 0.25) is 0 Å². The van der Waals surface area contributed by atoms with Gasteiger partial charge in [-0.15, -0.1) is 0 Å². The average molecular weight is 582 g/mol. The fraction of sp³-hybridized carbons (Fsp3) is 0.297. The van der Waals surface area contributed by atoms with Crippen molar-refractivity contribution in [3.8, 4) is 5.75 Å². The van der Waals surface area contributed by atoms with E-state index in [0.29, 0.717) is 19.6 Å². The van der Waals surface area contributed by atoms with Gasteiger partial charge in [0.15, 0.2) is 0 Å². The van der Waals surface area contributed by atoms with Crippen LogP contribution in [0.1, 0.15) is 64.4 Å². The predicted octanol–water partition coefficient (Wildman–Crippen LogP) is 7.82. The van der Waals surface area contributed by atoms with Crippen molar-refractivity contribution < 1.29 is 24.5 Å². The lowest BCUT2D eigenvalue weighted by Crippen LogP contribution is -2.27. The second kappa shape index (κ2) is 18.2. The molecule has 0 bridgehead atoms. The quantitative estimate of drug-likeness (QED) is 0.139. The summed E-state index contributed by atoms with van der Waals surface area (Å²) in [5, 5.41) is 18.1. The number of aliphatic carboxylic acids is 1. The molecule has 2 N–H and O–H groups in total. The largest absolute Gasteiger partial charge is 0.489 e. The van der Waals surface area contributed by atoms with Crippen LogP contribution in [0.4, 0.5) is 0 Å². The zero-order chi connectivity index (χ0) is 30.9. The number of carbonyl (C=O) groups is 2. The second-order valence-electron chi connectivity index (χ2n) is 10.6. The molecule has 0 amide bonds. The number of carboxylic acids is 2. The van der Waals surface area contributed by atoms with Crippen molar-refractivity contribution in [3.05, 3.63) is 137 Å². The number of rotatable bonds is 15. The Kier molecular flexibility index (Phi) is 14.0. The van der Waals surface area contributed by atoms with Crippen molar-refractivity contribution in [1.29, 1.82) is 0 Å². The van der Waals surface area contributed by atoms with Crippen LogP contribution < -0.4 is 4.74 Å². The number of para-hydroxylation sites is 1. The lowest BCUT2D eigenvalue weighted by molar-refractivity contribution is -0.137. The van der Waals surface area contributed by atoms with Gasteiger partial charge in [-0.2, -0.15) is 0 Å². The lowest BCUT2D eigenvalue weighted by Gasteiger charge is -2.23. The number of aryl methyl sites for hydroxylation is 2. The molecule has 0 unspecified atom stereocenters. The van der Waals surface area contributed by atoms with Gasteiger partial charge in [-0.3, -0.25) is 9.69 Å². The maximum Gasteiger partial charge on any atom is 0.335 e. The SMILES string of the molecule is CCc1ccccc1.Cc1ccc(COc2ccccc2CCN(CCCCC(=O)O)Cc2ccc(C(=O)O)cc2)cc1. The van der Waals surface area contributed by atoms with Gasteiger partial charge in [0.05, 0.1) is 5.56 Å². The van der Waals surface area contributed by atoms with Gasteiger partial charge >= 0.3 is 11.9 Å². The molecule has 0 heterocycles. The highest BCUT2D eigenvalue weighted by Crippen LogP contribution is 2.21. The summed E-state index contributed by atoms with van der Waals surface area (Å²) in [6, 6.07) is 33.7. The Bertz CT molecular complexity index is 1380. The number of hydrogen-bond donors (Lipinski definition) is 2. The van der Waals surface area contributed by atoms with Crippen molar-refractivity contribution in [2.45, 2.75) is 59.1 Å². The molecule has 0 atom stereocenters. The molecule has 0 saturated carbocycles. The topological polar surface area (TPSA) is 87.1 Å².